The first-order valence-electron chi connectivity index (χ1n) is 5.55. The molecular weight excluding hydrogens is 239 g/mol. The summed E-state index contributed by atoms with van der Waals surface area (Å²) in [6.45, 7) is 1.88. The molecule has 0 radical (unpaired) electrons. The highest BCUT2D eigenvalue weighted by Gasteiger charge is 2.30. The van der Waals surface area contributed by atoms with Crippen molar-refractivity contribution in [1.29, 1.82) is 0 Å². The predicted molar refractivity (Wildman–Crippen MR) is 63.2 cm³/mol. The van der Waals surface area contributed by atoms with Crippen LogP contribution in [0.3, 0.4) is 0 Å². The van der Waals surface area contributed by atoms with Gasteiger partial charge in [0.15, 0.2) is 0 Å². The minimum absolute atomic E-state index is 0.0877. The van der Waals surface area contributed by atoms with Gasteiger partial charge in [-0.05, 0) is 29.3 Å². The van der Waals surface area contributed by atoms with Crippen LogP contribution in [0.1, 0.15) is 29.5 Å². The monoisotopic (exact) mass is 251 g/mol. The van der Waals surface area contributed by atoms with Gasteiger partial charge in [-0.3, -0.25) is 4.98 Å². The average molecular weight is 251 g/mol. The minimum Gasteiger partial charge on any atom is -0.265 e. The van der Waals surface area contributed by atoms with Gasteiger partial charge < -0.3 is 0 Å². The lowest BCUT2D eigenvalue weighted by molar-refractivity contribution is -0.137. The van der Waals surface area contributed by atoms with E-state index >= 15 is 0 Å². The summed E-state index contributed by atoms with van der Waals surface area (Å²) in [4.78, 5) is 3.90. The second-order valence-electron chi connectivity index (χ2n) is 4.13. The molecule has 0 saturated heterocycles. The zero-order chi connectivity index (χ0) is 13.2. The summed E-state index contributed by atoms with van der Waals surface area (Å²) in [5, 5.41) is 0. The molecule has 1 nitrogen and oxygen atoms in total. The van der Waals surface area contributed by atoms with Gasteiger partial charge in [-0.25, -0.2) is 0 Å². The van der Waals surface area contributed by atoms with E-state index in [0.29, 0.717) is 5.56 Å². The number of rotatable bonds is 2. The topological polar surface area (TPSA) is 12.9 Å². The molecule has 1 aromatic heterocycles. The molecule has 0 N–H and O–H groups in total. The maximum atomic E-state index is 12.6. The number of nitrogens with zero attached hydrogens (tertiary/aromatic N) is 1. The van der Waals surface area contributed by atoms with Crippen molar-refractivity contribution in [2.24, 2.45) is 0 Å². The number of hydrogen-bond acceptors (Lipinski definition) is 1. The molecule has 2 aromatic rings. The highest BCUT2D eigenvalue weighted by molar-refractivity contribution is 5.34. The van der Waals surface area contributed by atoms with Gasteiger partial charge in [0.05, 0.1) is 5.56 Å². The third-order valence-corrected chi connectivity index (χ3v) is 2.92. The molecule has 1 aromatic carbocycles. The average Bonchev–Trinajstić information content (AvgIpc) is 2.38. The predicted octanol–water partition coefficient (Wildman–Crippen LogP) is 4.25. The molecule has 94 valence electrons. The summed E-state index contributed by atoms with van der Waals surface area (Å²) in [5.41, 5.74) is 0.987. The first-order valence-corrected chi connectivity index (χ1v) is 5.55. The number of aromatic nitrogens is 1. The third kappa shape index (κ3) is 2.70. The van der Waals surface area contributed by atoms with Crippen molar-refractivity contribution >= 4 is 0 Å². The smallest absolute Gasteiger partial charge is 0.265 e. The summed E-state index contributed by atoms with van der Waals surface area (Å²) in [6, 6.07) is 9.06. The summed E-state index contributed by atoms with van der Waals surface area (Å²) in [7, 11) is 0. The number of alkyl halides is 3. The lowest BCUT2D eigenvalue weighted by Crippen LogP contribution is -2.06. The van der Waals surface area contributed by atoms with Gasteiger partial charge in [0.25, 0.3) is 0 Å². The molecule has 1 heterocycles. The van der Waals surface area contributed by atoms with Crippen molar-refractivity contribution in [1.82, 2.24) is 4.98 Å². The Kier molecular flexibility index (Phi) is 3.36. The molecule has 1 unspecified atom stereocenters. The van der Waals surface area contributed by atoms with Crippen molar-refractivity contribution in [3.63, 3.8) is 0 Å². The fourth-order valence-electron chi connectivity index (χ4n) is 1.83. The van der Waals surface area contributed by atoms with Crippen molar-refractivity contribution in [3.8, 4) is 0 Å². The van der Waals surface area contributed by atoms with E-state index in [1.807, 2.05) is 19.1 Å². The lowest BCUT2D eigenvalue weighted by atomic mass is 9.93. The summed E-state index contributed by atoms with van der Waals surface area (Å²) in [5.74, 6) is -0.0877. The number of pyridine rings is 1. The van der Waals surface area contributed by atoms with Crippen LogP contribution < -0.4 is 0 Å². The van der Waals surface area contributed by atoms with Gasteiger partial charge in [0.1, 0.15) is 0 Å². The molecule has 18 heavy (non-hydrogen) atoms. The standard InChI is InChI=1S/C14H12F3N/c1-10(11-5-7-18-8-6-11)12-3-2-4-13(9-12)14(15,16)17/h2-10H,1H3. The summed E-state index contributed by atoms with van der Waals surface area (Å²) >= 11 is 0. The van der Waals surface area contributed by atoms with Crippen molar-refractivity contribution in [2.75, 3.05) is 0 Å². The Morgan fingerprint density at radius 2 is 1.67 bits per heavy atom. The molecule has 1 atom stereocenters. The molecular formula is C14H12F3N. The highest BCUT2D eigenvalue weighted by Crippen LogP contribution is 2.32. The fraction of sp³-hybridized carbons (Fsp3) is 0.214. The first kappa shape index (κ1) is 12.6. The molecule has 0 spiro atoms. The Morgan fingerprint density at radius 3 is 2.28 bits per heavy atom. The van der Waals surface area contributed by atoms with Gasteiger partial charge in [-0.2, -0.15) is 13.2 Å². The molecule has 0 bridgehead atoms. The van der Waals surface area contributed by atoms with Crippen LogP contribution >= 0.6 is 0 Å². The van der Waals surface area contributed by atoms with Crippen LogP contribution in [0, 0.1) is 0 Å². The molecule has 0 aliphatic rings. The van der Waals surface area contributed by atoms with Gasteiger partial charge in [0.2, 0.25) is 0 Å². The molecule has 4 heteroatoms. The Hall–Kier alpha value is -1.84. The second-order valence-corrected chi connectivity index (χ2v) is 4.13. The van der Waals surface area contributed by atoms with E-state index in [1.165, 1.54) is 12.1 Å². The van der Waals surface area contributed by atoms with Crippen LogP contribution in [0.15, 0.2) is 48.8 Å². The minimum atomic E-state index is -4.30. The van der Waals surface area contributed by atoms with Crippen LogP contribution in [-0.2, 0) is 6.18 Å². The molecule has 0 aliphatic carbocycles. The maximum Gasteiger partial charge on any atom is 0.416 e. The van der Waals surface area contributed by atoms with Crippen LogP contribution in [-0.4, -0.2) is 4.98 Å². The van der Waals surface area contributed by atoms with E-state index < -0.39 is 11.7 Å². The molecule has 0 fully saturated rings. The van der Waals surface area contributed by atoms with Crippen molar-refractivity contribution < 1.29 is 13.2 Å². The SMILES string of the molecule is CC(c1ccncc1)c1cccc(C(F)(F)F)c1. The Bertz CT molecular complexity index is 520. The van der Waals surface area contributed by atoms with E-state index in [4.69, 9.17) is 0 Å². The van der Waals surface area contributed by atoms with Crippen LogP contribution in [0.5, 0.6) is 0 Å². The van der Waals surface area contributed by atoms with Gasteiger partial charge in [0, 0.05) is 18.3 Å². The Balaban J connectivity index is 2.35. The summed E-state index contributed by atoms with van der Waals surface area (Å²) in [6.07, 6.45) is -1.02. The van der Waals surface area contributed by atoms with E-state index in [0.717, 1.165) is 11.6 Å². The zero-order valence-electron chi connectivity index (χ0n) is 9.78. The number of hydrogen-bond donors (Lipinski definition) is 0. The van der Waals surface area contributed by atoms with E-state index in [9.17, 15) is 13.2 Å². The Labute approximate surface area is 103 Å². The first-order chi connectivity index (χ1) is 8.48. The maximum absolute atomic E-state index is 12.6. The quantitative estimate of drug-likeness (QED) is 0.777. The highest BCUT2D eigenvalue weighted by atomic mass is 19.4. The van der Waals surface area contributed by atoms with E-state index in [2.05, 4.69) is 4.98 Å². The van der Waals surface area contributed by atoms with Gasteiger partial charge in [-0.15, -0.1) is 0 Å². The Morgan fingerprint density at radius 1 is 1.00 bits per heavy atom. The van der Waals surface area contributed by atoms with Crippen molar-refractivity contribution in [3.05, 3.63) is 65.5 Å². The van der Waals surface area contributed by atoms with Crippen molar-refractivity contribution in [2.45, 2.75) is 19.0 Å². The second kappa shape index (κ2) is 4.80. The largest absolute Gasteiger partial charge is 0.416 e. The number of halogens is 3. The third-order valence-electron chi connectivity index (χ3n) is 2.92. The van der Waals surface area contributed by atoms with Crippen LogP contribution in [0.2, 0.25) is 0 Å². The molecule has 0 aliphatic heterocycles. The van der Waals surface area contributed by atoms with E-state index in [-0.39, 0.29) is 5.92 Å². The number of benzene rings is 1. The zero-order valence-corrected chi connectivity index (χ0v) is 9.78. The molecule has 0 saturated carbocycles. The van der Waals surface area contributed by atoms with Crippen LogP contribution in [0.4, 0.5) is 13.2 Å². The normalized spacial score (nSPS) is 13.3. The fourth-order valence-corrected chi connectivity index (χ4v) is 1.83. The van der Waals surface area contributed by atoms with Gasteiger partial charge >= 0.3 is 6.18 Å². The molecule has 0 amide bonds. The van der Waals surface area contributed by atoms with E-state index in [1.54, 1.807) is 18.5 Å². The lowest BCUT2D eigenvalue weighted by Gasteiger charge is -2.14. The van der Waals surface area contributed by atoms with Crippen LogP contribution in [0.25, 0.3) is 0 Å². The molecule has 2 rings (SSSR count). The van der Waals surface area contributed by atoms with Gasteiger partial charge in [-0.1, -0.05) is 25.1 Å². The summed E-state index contributed by atoms with van der Waals surface area (Å²) < 4.78 is 37.9.